The van der Waals surface area contributed by atoms with Crippen LogP contribution in [0.5, 0.6) is 0 Å². The molecule has 0 bridgehead atoms. The maximum absolute atomic E-state index is 12.6. The molecular weight excluding hydrogens is 376 g/mol. The summed E-state index contributed by atoms with van der Waals surface area (Å²) in [5.74, 6) is 2.03. The van der Waals surface area contributed by atoms with E-state index < -0.39 is 0 Å². The topological polar surface area (TPSA) is 75.9 Å². The summed E-state index contributed by atoms with van der Waals surface area (Å²) in [7, 11) is 1.86. The number of nitrogens with zero attached hydrogens (tertiary/aromatic N) is 5. The summed E-state index contributed by atoms with van der Waals surface area (Å²) in [4.78, 5) is 23.6. The van der Waals surface area contributed by atoms with Crippen LogP contribution in [0.15, 0.2) is 61.1 Å². The van der Waals surface area contributed by atoms with Gasteiger partial charge in [0.2, 0.25) is 5.91 Å². The zero-order chi connectivity index (χ0) is 20.8. The summed E-state index contributed by atoms with van der Waals surface area (Å²) in [5.41, 5.74) is 1.96. The maximum Gasteiger partial charge on any atom is 0.246 e. The Labute approximate surface area is 176 Å². The van der Waals surface area contributed by atoms with Crippen molar-refractivity contribution in [3.63, 3.8) is 0 Å². The second-order valence-electron chi connectivity index (χ2n) is 7.63. The normalized spacial score (nSPS) is 16.7. The van der Waals surface area contributed by atoms with Crippen LogP contribution in [0.3, 0.4) is 0 Å². The van der Waals surface area contributed by atoms with Crippen molar-refractivity contribution in [2.75, 3.05) is 18.4 Å². The van der Waals surface area contributed by atoms with Crippen LogP contribution < -0.4 is 5.32 Å². The van der Waals surface area contributed by atoms with Crippen LogP contribution in [0.25, 0.3) is 6.08 Å². The molecule has 7 nitrogen and oxygen atoms in total. The lowest BCUT2D eigenvalue weighted by molar-refractivity contribution is -0.127. The predicted molar refractivity (Wildman–Crippen MR) is 117 cm³/mol. The number of carbonyl (C=O) groups excluding carboxylic acids is 1. The first-order valence-corrected chi connectivity index (χ1v) is 10.3. The van der Waals surface area contributed by atoms with Crippen molar-refractivity contribution in [3.8, 4) is 0 Å². The fraction of sp³-hybridized carbons (Fsp3) is 0.304. The van der Waals surface area contributed by atoms with Gasteiger partial charge in [0.05, 0.1) is 6.20 Å². The minimum absolute atomic E-state index is 0.0575. The highest BCUT2D eigenvalue weighted by Gasteiger charge is 2.23. The van der Waals surface area contributed by atoms with E-state index in [-0.39, 0.29) is 5.91 Å². The van der Waals surface area contributed by atoms with Crippen molar-refractivity contribution >= 4 is 23.6 Å². The molecule has 1 unspecified atom stereocenters. The lowest BCUT2D eigenvalue weighted by Crippen LogP contribution is -2.39. The van der Waals surface area contributed by atoms with Crippen molar-refractivity contribution in [3.05, 3.63) is 72.3 Å². The van der Waals surface area contributed by atoms with Gasteiger partial charge in [0.25, 0.3) is 0 Å². The van der Waals surface area contributed by atoms with Crippen LogP contribution in [-0.2, 0) is 18.3 Å². The van der Waals surface area contributed by atoms with E-state index in [2.05, 4.69) is 15.4 Å². The molecule has 1 atom stereocenters. The summed E-state index contributed by atoms with van der Waals surface area (Å²) in [6.45, 7) is 1.57. The standard InChI is InChI=1S/C23H26N6O/c1-28-16-19(15-25-28)10-11-23(30)29-13-5-6-18(17-29)14-20-7-4-9-22(26-20)27-21-8-2-3-12-24-21/h2-4,7-12,15-16,18H,5-6,13-14,17H2,1H3,(H,24,26,27). The number of hydrogen-bond donors (Lipinski definition) is 1. The first-order valence-electron chi connectivity index (χ1n) is 10.3. The van der Waals surface area contributed by atoms with E-state index in [1.165, 1.54) is 0 Å². The summed E-state index contributed by atoms with van der Waals surface area (Å²) in [5, 5.41) is 7.36. The Hall–Kier alpha value is -3.48. The van der Waals surface area contributed by atoms with Crippen molar-refractivity contribution in [1.82, 2.24) is 24.6 Å². The van der Waals surface area contributed by atoms with Gasteiger partial charge >= 0.3 is 0 Å². The van der Waals surface area contributed by atoms with E-state index in [0.29, 0.717) is 5.92 Å². The Morgan fingerprint density at radius 3 is 2.93 bits per heavy atom. The minimum atomic E-state index is 0.0575. The number of anilines is 2. The molecule has 1 fully saturated rings. The SMILES string of the molecule is Cn1cc(C=CC(=O)N2CCCC(Cc3cccc(Nc4ccccn4)n3)C2)cn1. The van der Waals surface area contributed by atoms with E-state index in [9.17, 15) is 4.79 Å². The average molecular weight is 403 g/mol. The number of likely N-dealkylation sites (tertiary alicyclic amines) is 1. The van der Waals surface area contributed by atoms with Gasteiger partial charge in [0.1, 0.15) is 11.6 Å². The highest BCUT2D eigenvalue weighted by molar-refractivity contribution is 5.91. The van der Waals surface area contributed by atoms with Crippen LogP contribution >= 0.6 is 0 Å². The Bertz CT molecular complexity index is 1010. The first-order chi connectivity index (χ1) is 14.7. The van der Waals surface area contributed by atoms with Crippen LogP contribution in [0, 0.1) is 5.92 Å². The van der Waals surface area contributed by atoms with Crippen LogP contribution in [0.2, 0.25) is 0 Å². The number of rotatable bonds is 6. The second-order valence-corrected chi connectivity index (χ2v) is 7.63. The number of aromatic nitrogens is 4. The lowest BCUT2D eigenvalue weighted by atomic mass is 9.93. The summed E-state index contributed by atoms with van der Waals surface area (Å²) >= 11 is 0. The third-order valence-electron chi connectivity index (χ3n) is 5.20. The molecule has 4 heterocycles. The third-order valence-corrected chi connectivity index (χ3v) is 5.20. The molecule has 0 radical (unpaired) electrons. The molecule has 4 rings (SSSR count). The molecule has 7 heteroatoms. The molecule has 3 aromatic rings. The van der Waals surface area contributed by atoms with Crippen LogP contribution in [-0.4, -0.2) is 43.6 Å². The molecule has 0 aliphatic carbocycles. The molecule has 1 amide bonds. The van der Waals surface area contributed by atoms with Crippen molar-refractivity contribution in [2.24, 2.45) is 13.0 Å². The summed E-state index contributed by atoms with van der Waals surface area (Å²) < 4.78 is 1.73. The molecule has 1 N–H and O–H groups in total. The van der Waals surface area contributed by atoms with Gasteiger partial charge in [-0.05, 0) is 55.5 Å². The number of nitrogens with one attached hydrogen (secondary N) is 1. The zero-order valence-corrected chi connectivity index (χ0v) is 17.1. The molecular formula is C23H26N6O. The van der Waals surface area contributed by atoms with Gasteiger partial charge < -0.3 is 10.2 Å². The number of aryl methyl sites for hydroxylation is 1. The fourth-order valence-corrected chi connectivity index (χ4v) is 3.76. The van der Waals surface area contributed by atoms with Gasteiger partial charge in [0, 0.05) is 49.9 Å². The first kappa shape index (κ1) is 19.8. The van der Waals surface area contributed by atoms with Crippen molar-refractivity contribution in [2.45, 2.75) is 19.3 Å². The molecule has 0 aromatic carbocycles. The third kappa shape index (κ3) is 5.31. The number of pyridine rings is 2. The monoisotopic (exact) mass is 402 g/mol. The zero-order valence-electron chi connectivity index (χ0n) is 17.1. The average Bonchev–Trinajstić information content (AvgIpc) is 3.18. The molecule has 0 spiro atoms. The molecule has 0 saturated carbocycles. The van der Waals surface area contributed by atoms with E-state index in [1.807, 2.05) is 60.6 Å². The van der Waals surface area contributed by atoms with Gasteiger partial charge in [-0.1, -0.05) is 12.1 Å². The van der Waals surface area contributed by atoms with E-state index >= 15 is 0 Å². The Morgan fingerprint density at radius 2 is 2.13 bits per heavy atom. The number of hydrogen-bond acceptors (Lipinski definition) is 5. The Balaban J connectivity index is 1.35. The predicted octanol–water partition coefficient (Wildman–Crippen LogP) is 3.45. The molecule has 154 valence electrons. The van der Waals surface area contributed by atoms with Gasteiger partial charge in [-0.25, -0.2) is 9.97 Å². The number of carbonyl (C=O) groups is 1. The summed E-state index contributed by atoms with van der Waals surface area (Å²) in [6.07, 6.45) is 11.8. The molecule has 1 aliphatic heterocycles. The number of piperidine rings is 1. The van der Waals surface area contributed by atoms with E-state index in [1.54, 1.807) is 23.2 Å². The molecule has 1 saturated heterocycles. The molecule has 30 heavy (non-hydrogen) atoms. The van der Waals surface area contributed by atoms with E-state index in [0.717, 1.165) is 55.2 Å². The molecule has 1 aliphatic rings. The highest BCUT2D eigenvalue weighted by Crippen LogP contribution is 2.22. The second kappa shape index (κ2) is 9.35. The lowest BCUT2D eigenvalue weighted by Gasteiger charge is -2.32. The van der Waals surface area contributed by atoms with E-state index in [4.69, 9.17) is 4.98 Å². The Morgan fingerprint density at radius 1 is 1.23 bits per heavy atom. The fourth-order valence-electron chi connectivity index (χ4n) is 3.76. The van der Waals surface area contributed by atoms with Gasteiger partial charge in [-0.15, -0.1) is 0 Å². The highest BCUT2D eigenvalue weighted by atomic mass is 16.2. The smallest absolute Gasteiger partial charge is 0.246 e. The maximum atomic E-state index is 12.6. The van der Waals surface area contributed by atoms with Crippen molar-refractivity contribution in [1.29, 1.82) is 0 Å². The van der Waals surface area contributed by atoms with Gasteiger partial charge in [-0.3, -0.25) is 9.48 Å². The minimum Gasteiger partial charge on any atom is -0.339 e. The van der Waals surface area contributed by atoms with Gasteiger partial charge in [0.15, 0.2) is 0 Å². The summed E-state index contributed by atoms with van der Waals surface area (Å²) in [6, 6.07) is 11.7. The Kier molecular flexibility index (Phi) is 6.17. The van der Waals surface area contributed by atoms with Crippen LogP contribution in [0.1, 0.15) is 24.1 Å². The number of amides is 1. The van der Waals surface area contributed by atoms with Crippen LogP contribution in [0.4, 0.5) is 11.6 Å². The van der Waals surface area contributed by atoms with Gasteiger partial charge in [-0.2, -0.15) is 5.10 Å². The van der Waals surface area contributed by atoms with Crippen molar-refractivity contribution < 1.29 is 4.79 Å². The molecule has 3 aromatic heterocycles. The largest absolute Gasteiger partial charge is 0.339 e. The quantitative estimate of drug-likeness (QED) is 0.639.